The molecule has 2 aromatic carbocycles. The molecule has 0 N–H and O–H groups in total. The average Bonchev–Trinajstić information content (AvgIpc) is 2.94. The van der Waals surface area contributed by atoms with Gasteiger partial charge in [-0.2, -0.15) is 0 Å². The van der Waals surface area contributed by atoms with Crippen molar-refractivity contribution in [2.24, 2.45) is 0 Å². The molecule has 0 aliphatic heterocycles. The molecule has 0 bridgehead atoms. The molecule has 81 valence electrons. The molecule has 0 aliphatic carbocycles. The summed E-state index contributed by atoms with van der Waals surface area (Å²) in [6.45, 7) is 0. The molecule has 0 unspecified atom stereocenters. The molecule has 1 radical (unpaired) electrons. The first-order chi connectivity index (χ1) is 8.45. The van der Waals surface area contributed by atoms with Crippen molar-refractivity contribution in [3.8, 4) is 22.4 Å². The van der Waals surface area contributed by atoms with Gasteiger partial charge in [0.15, 0.2) is 0 Å². The van der Waals surface area contributed by atoms with Crippen LogP contribution >= 0.6 is 11.5 Å². The van der Waals surface area contributed by atoms with Crippen LogP contribution in [0.5, 0.6) is 0 Å². The Hall–Kier alpha value is -2.00. The third kappa shape index (κ3) is 1.97. The predicted octanol–water partition coefficient (Wildman–Crippen LogP) is 3.67. The van der Waals surface area contributed by atoms with Gasteiger partial charge in [0, 0.05) is 10.9 Å². The Morgan fingerprint density at radius 1 is 1.00 bits per heavy atom. The van der Waals surface area contributed by atoms with Crippen molar-refractivity contribution in [3.63, 3.8) is 0 Å². The van der Waals surface area contributed by atoms with E-state index in [0.717, 1.165) is 22.4 Å². The van der Waals surface area contributed by atoms with Crippen LogP contribution in [0.25, 0.3) is 22.4 Å². The molecule has 2 nitrogen and oxygen atoms in total. The van der Waals surface area contributed by atoms with Crippen LogP contribution in [-0.2, 0) is 0 Å². The first-order valence-electron chi connectivity index (χ1n) is 5.29. The van der Waals surface area contributed by atoms with Crippen LogP contribution in [0, 0.1) is 6.07 Å². The Morgan fingerprint density at radius 2 is 1.88 bits per heavy atom. The van der Waals surface area contributed by atoms with Crippen molar-refractivity contribution in [1.29, 1.82) is 0 Å². The minimum atomic E-state index is 0.908. The van der Waals surface area contributed by atoms with Gasteiger partial charge in [0.25, 0.3) is 0 Å². The third-order valence-electron chi connectivity index (χ3n) is 2.55. The Balaban J connectivity index is 2.18. The second-order valence-electron chi connectivity index (χ2n) is 3.61. The van der Waals surface area contributed by atoms with E-state index in [9.17, 15) is 0 Å². The van der Waals surface area contributed by atoms with Crippen LogP contribution in [0.2, 0.25) is 0 Å². The Morgan fingerprint density at radius 3 is 2.65 bits per heavy atom. The molecule has 0 fully saturated rings. The normalized spacial score (nSPS) is 10.4. The first kappa shape index (κ1) is 10.2. The lowest BCUT2D eigenvalue weighted by molar-refractivity contribution is 1.16. The van der Waals surface area contributed by atoms with Crippen LogP contribution in [0.3, 0.4) is 0 Å². The lowest BCUT2D eigenvalue weighted by Crippen LogP contribution is -1.85. The quantitative estimate of drug-likeness (QED) is 0.679. The van der Waals surface area contributed by atoms with Crippen molar-refractivity contribution >= 4 is 11.5 Å². The predicted molar refractivity (Wildman–Crippen MR) is 69.6 cm³/mol. The smallest absolute Gasteiger partial charge is 0.106 e. The molecule has 0 saturated heterocycles. The maximum absolute atomic E-state index is 4.12. The van der Waals surface area contributed by atoms with Gasteiger partial charge in [-0.25, -0.2) is 0 Å². The second kappa shape index (κ2) is 4.47. The minimum absolute atomic E-state index is 0.908. The average molecular weight is 237 g/mol. The Kier molecular flexibility index (Phi) is 2.68. The van der Waals surface area contributed by atoms with Gasteiger partial charge in [0.2, 0.25) is 0 Å². The summed E-state index contributed by atoms with van der Waals surface area (Å²) < 4.78 is 3.91. The van der Waals surface area contributed by atoms with E-state index in [1.165, 1.54) is 11.5 Å². The minimum Gasteiger partial charge on any atom is -0.138 e. The summed E-state index contributed by atoms with van der Waals surface area (Å²) in [7, 11) is 0. The molecule has 3 heteroatoms. The van der Waals surface area contributed by atoms with E-state index in [2.05, 4.69) is 33.9 Å². The van der Waals surface area contributed by atoms with Crippen LogP contribution in [0.4, 0.5) is 0 Å². The number of hydrogen-bond acceptors (Lipinski definition) is 3. The van der Waals surface area contributed by atoms with E-state index in [-0.39, 0.29) is 0 Å². The van der Waals surface area contributed by atoms with Crippen LogP contribution < -0.4 is 0 Å². The van der Waals surface area contributed by atoms with Gasteiger partial charge >= 0.3 is 0 Å². The molecule has 3 rings (SSSR count). The SMILES string of the molecule is [c]1cccc(-c2csnn2)c1-c1ccccc1. The largest absolute Gasteiger partial charge is 0.138 e. The highest BCUT2D eigenvalue weighted by atomic mass is 32.1. The molecule has 0 aliphatic rings. The highest BCUT2D eigenvalue weighted by Gasteiger charge is 2.08. The van der Waals surface area contributed by atoms with Gasteiger partial charge in [-0.15, -0.1) is 5.10 Å². The van der Waals surface area contributed by atoms with Gasteiger partial charge in [-0.1, -0.05) is 53.0 Å². The summed E-state index contributed by atoms with van der Waals surface area (Å²) in [5.41, 5.74) is 4.20. The number of rotatable bonds is 2. The van der Waals surface area contributed by atoms with Crippen molar-refractivity contribution < 1.29 is 0 Å². The van der Waals surface area contributed by atoms with Crippen molar-refractivity contribution in [2.45, 2.75) is 0 Å². The molecule has 0 saturated carbocycles. The molecule has 17 heavy (non-hydrogen) atoms. The second-order valence-corrected chi connectivity index (χ2v) is 4.22. The number of aromatic nitrogens is 2. The van der Waals surface area contributed by atoms with Crippen LogP contribution in [0.1, 0.15) is 0 Å². The van der Waals surface area contributed by atoms with Crippen molar-refractivity contribution in [3.05, 3.63) is 60.0 Å². The van der Waals surface area contributed by atoms with E-state index < -0.39 is 0 Å². The molecule has 0 atom stereocenters. The lowest BCUT2D eigenvalue weighted by atomic mass is 9.98. The summed E-state index contributed by atoms with van der Waals surface area (Å²) >= 11 is 1.36. The summed E-state index contributed by atoms with van der Waals surface area (Å²) in [4.78, 5) is 0. The fraction of sp³-hybridized carbons (Fsp3) is 0. The molecule has 1 aromatic heterocycles. The summed E-state index contributed by atoms with van der Waals surface area (Å²) in [5, 5.41) is 6.08. The van der Waals surface area contributed by atoms with Gasteiger partial charge < -0.3 is 0 Å². The Labute approximate surface area is 104 Å². The lowest BCUT2D eigenvalue weighted by Gasteiger charge is -2.06. The number of nitrogens with zero attached hydrogens (tertiary/aromatic N) is 2. The van der Waals surface area contributed by atoms with E-state index >= 15 is 0 Å². The van der Waals surface area contributed by atoms with Crippen molar-refractivity contribution in [2.75, 3.05) is 0 Å². The van der Waals surface area contributed by atoms with Crippen molar-refractivity contribution in [1.82, 2.24) is 9.59 Å². The fourth-order valence-electron chi connectivity index (χ4n) is 1.78. The van der Waals surface area contributed by atoms with E-state index in [1.54, 1.807) is 0 Å². The molecular weight excluding hydrogens is 228 g/mol. The van der Waals surface area contributed by atoms with Crippen LogP contribution in [0.15, 0.2) is 53.9 Å². The van der Waals surface area contributed by atoms with Gasteiger partial charge in [0.05, 0.1) is 0 Å². The zero-order chi connectivity index (χ0) is 11.5. The third-order valence-corrected chi connectivity index (χ3v) is 3.06. The highest BCUT2D eigenvalue weighted by molar-refractivity contribution is 7.03. The Bertz CT molecular complexity index is 603. The molecule has 1 heterocycles. The van der Waals surface area contributed by atoms with Gasteiger partial charge in [0.1, 0.15) is 5.69 Å². The summed E-state index contributed by atoms with van der Waals surface area (Å²) in [6, 6.07) is 19.4. The van der Waals surface area contributed by atoms with E-state index in [4.69, 9.17) is 0 Å². The van der Waals surface area contributed by atoms with E-state index in [1.807, 2.05) is 35.7 Å². The number of hydrogen-bond donors (Lipinski definition) is 0. The first-order valence-corrected chi connectivity index (χ1v) is 6.12. The standard InChI is InChI=1S/C14H9N2S/c1-2-6-11(7-3-1)12-8-4-5-9-13(12)14-10-17-16-15-14/h1-7,9-10H. The molecule has 0 amide bonds. The topological polar surface area (TPSA) is 25.8 Å². The zero-order valence-electron chi connectivity index (χ0n) is 9.00. The maximum Gasteiger partial charge on any atom is 0.106 e. The summed E-state index contributed by atoms with van der Waals surface area (Å²) in [5.74, 6) is 0. The van der Waals surface area contributed by atoms with Gasteiger partial charge in [-0.3, -0.25) is 0 Å². The monoisotopic (exact) mass is 237 g/mol. The van der Waals surface area contributed by atoms with Crippen LogP contribution in [-0.4, -0.2) is 9.59 Å². The summed E-state index contributed by atoms with van der Waals surface area (Å²) in [6.07, 6.45) is 0. The maximum atomic E-state index is 4.12. The van der Waals surface area contributed by atoms with E-state index in [0.29, 0.717) is 0 Å². The molecule has 0 spiro atoms. The molecular formula is C14H9N2S. The zero-order valence-corrected chi connectivity index (χ0v) is 9.82. The number of benzene rings is 2. The highest BCUT2D eigenvalue weighted by Crippen LogP contribution is 2.30. The fourth-order valence-corrected chi connectivity index (χ4v) is 2.23. The molecule has 3 aromatic rings. The van der Waals surface area contributed by atoms with Gasteiger partial charge in [-0.05, 0) is 28.7 Å².